The molecule has 0 spiro atoms. The number of hydrogen-bond donors (Lipinski definition) is 1. The van der Waals surface area contributed by atoms with Crippen LogP contribution in [0, 0.1) is 11.3 Å². The van der Waals surface area contributed by atoms with Crippen LogP contribution < -0.4 is 0 Å². The minimum absolute atomic E-state index is 0.287. The van der Waals surface area contributed by atoms with Crippen LogP contribution in [0.25, 0.3) is 0 Å². The van der Waals surface area contributed by atoms with Crippen molar-refractivity contribution in [3.05, 3.63) is 0 Å². The Morgan fingerprint density at radius 2 is 2.06 bits per heavy atom. The van der Waals surface area contributed by atoms with Crippen molar-refractivity contribution in [2.45, 2.75) is 52.5 Å². The highest BCUT2D eigenvalue weighted by molar-refractivity contribution is 5.66. The molecule has 1 saturated carbocycles. The van der Waals surface area contributed by atoms with Crippen molar-refractivity contribution in [3.63, 3.8) is 0 Å². The molecular formula is C13H25NO2. The van der Waals surface area contributed by atoms with Crippen molar-refractivity contribution in [1.29, 1.82) is 0 Å². The van der Waals surface area contributed by atoms with Gasteiger partial charge < -0.3 is 10.0 Å². The third-order valence-corrected chi connectivity index (χ3v) is 3.76. The minimum atomic E-state index is -0.687. The predicted molar refractivity (Wildman–Crippen MR) is 65.5 cm³/mol. The molecule has 0 aliphatic heterocycles. The second-order valence-electron chi connectivity index (χ2n) is 6.09. The van der Waals surface area contributed by atoms with Crippen LogP contribution in [0.1, 0.15) is 46.5 Å². The largest absolute Gasteiger partial charge is 0.481 e. The lowest BCUT2D eigenvalue weighted by Gasteiger charge is -2.28. The van der Waals surface area contributed by atoms with Crippen molar-refractivity contribution in [2.24, 2.45) is 11.3 Å². The number of aliphatic carboxylic acids is 1. The summed E-state index contributed by atoms with van der Waals surface area (Å²) in [4.78, 5) is 12.8. The maximum Gasteiger partial charge on any atom is 0.303 e. The van der Waals surface area contributed by atoms with E-state index in [0.717, 1.165) is 18.9 Å². The quantitative estimate of drug-likeness (QED) is 0.785. The van der Waals surface area contributed by atoms with E-state index >= 15 is 0 Å². The van der Waals surface area contributed by atoms with Gasteiger partial charge in [-0.2, -0.15) is 0 Å². The first-order valence-corrected chi connectivity index (χ1v) is 6.24. The van der Waals surface area contributed by atoms with Crippen LogP contribution in [-0.4, -0.2) is 35.6 Å². The first kappa shape index (κ1) is 13.5. The first-order chi connectivity index (χ1) is 7.32. The van der Waals surface area contributed by atoms with Gasteiger partial charge in [0.1, 0.15) is 0 Å². The zero-order valence-corrected chi connectivity index (χ0v) is 11.0. The molecule has 94 valence electrons. The summed E-state index contributed by atoms with van der Waals surface area (Å²) in [6.45, 7) is 7.87. The lowest BCUT2D eigenvalue weighted by Crippen LogP contribution is -2.34. The Balaban J connectivity index is 2.37. The Hall–Kier alpha value is -0.570. The minimum Gasteiger partial charge on any atom is -0.481 e. The molecule has 3 heteroatoms. The molecule has 1 aliphatic rings. The van der Waals surface area contributed by atoms with Crippen LogP contribution in [-0.2, 0) is 4.79 Å². The smallest absolute Gasteiger partial charge is 0.303 e. The molecule has 0 bridgehead atoms. The van der Waals surface area contributed by atoms with Crippen molar-refractivity contribution in [2.75, 3.05) is 13.6 Å². The maximum atomic E-state index is 10.5. The zero-order valence-electron chi connectivity index (χ0n) is 11.0. The highest BCUT2D eigenvalue weighted by Crippen LogP contribution is 2.42. The number of nitrogens with zero attached hydrogens (tertiary/aromatic N) is 1. The lowest BCUT2D eigenvalue weighted by atomic mass is 9.91. The van der Waals surface area contributed by atoms with Crippen molar-refractivity contribution in [3.8, 4) is 0 Å². The normalized spacial score (nSPS) is 28.6. The predicted octanol–water partition coefficient (Wildman–Crippen LogP) is 2.61. The molecular weight excluding hydrogens is 202 g/mol. The van der Waals surface area contributed by atoms with E-state index in [4.69, 9.17) is 5.11 Å². The highest BCUT2D eigenvalue weighted by Gasteiger charge is 2.38. The molecule has 0 aromatic rings. The van der Waals surface area contributed by atoms with Crippen LogP contribution in [0.15, 0.2) is 0 Å². The van der Waals surface area contributed by atoms with Gasteiger partial charge in [-0.15, -0.1) is 0 Å². The van der Waals surface area contributed by atoms with Crippen molar-refractivity contribution in [1.82, 2.24) is 4.90 Å². The molecule has 0 heterocycles. The summed E-state index contributed by atoms with van der Waals surface area (Å²) in [5, 5.41) is 8.61. The fourth-order valence-electron chi connectivity index (χ4n) is 3.09. The van der Waals surface area contributed by atoms with E-state index in [0.29, 0.717) is 11.5 Å². The van der Waals surface area contributed by atoms with Crippen LogP contribution in [0.4, 0.5) is 0 Å². The number of carboxylic acids is 1. The van der Waals surface area contributed by atoms with Gasteiger partial charge >= 0.3 is 5.97 Å². The molecule has 1 fully saturated rings. The third kappa shape index (κ3) is 3.78. The van der Waals surface area contributed by atoms with E-state index in [1.54, 1.807) is 0 Å². The van der Waals surface area contributed by atoms with E-state index < -0.39 is 5.97 Å². The summed E-state index contributed by atoms with van der Waals surface area (Å²) in [5.41, 5.74) is 0.450. The van der Waals surface area contributed by atoms with E-state index in [9.17, 15) is 4.79 Å². The Morgan fingerprint density at radius 3 is 2.50 bits per heavy atom. The van der Waals surface area contributed by atoms with Crippen LogP contribution in [0.5, 0.6) is 0 Å². The lowest BCUT2D eigenvalue weighted by molar-refractivity contribution is -0.137. The highest BCUT2D eigenvalue weighted by atomic mass is 16.4. The molecule has 1 rings (SSSR count). The van der Waals surface area contributed by atoms with Gasteiger partial charge in [0.2, 0.25) is 0 Å². The van der Waals surface area contributed by atoms with Gasteiger partial charge in [0.15, 0.2) is 0 Å². The molecule has 2 atom stereocenters. The average molecular weight is 227 g/mol. The summed E-state index contributed by atoms with van der Waals surface area (Å²) in [6.07, 6.45) is 3.56. The van der Waals surface area contributed by atoms with Gasteiger partial charge in [-0.1, -0.05) is 20.8 Å². The second-order valence-corrected chi connectivity index (χ2v) is 6.09. The molecule has 2 unspecified atom stereocenters. The SMILES string of the molecule is CC1CC(C)(C)CC1N(C)CCCC(=O)O. The zero-order chi connectivity index (χ0) is 12.3. The summed E-state index contributed by atoms with van der Waals surface area (Å²) < 4.78 is 0. The summed E-state index contributed by atoms with van der Waals surface area (Å²) in [6, 6.07) is 0.629. The standard InChI is InChI=1S/C13H25NO2/c1-10-8-13(2,3)9-11(10)14(4)7-5-6-12(15)16/h10-11H,5-9H2,1-4H3,(H,15,16). The fourth-order valence-corrected chi connectivity index (χ4v) is 3.09. The third-order valence-electron chi connectivity index (χ3n) is 3.76. The molecule has 0 saturated heterocycles. The molecule has 0 amide bonds. The summed E-state index contributed by atoms with van der Waals surface area (Å²) in [5.74, 6) is 0.0398. The van der Waals surface area contributed by atoms with Gasteiger partial charge in [0.05, 0.1) is 0 Å². The van der Waals surface area contributed by atoms with Gasteiger partial charge in [-0.05, 0) is 44.2 Å². The fraction of sp³-hybridized carbons (Fsp3) is 0.923. The van der Waals surface area contributed by atoms with E-state index in [1.807, 2.05) is 0 Å². The Labute approximate surface area is 98.8 Å². The summed E-state index contributed by atoms with van der Waals surface area (Å²) in [7, 11) is 2.13. The summed E-state index contributed by atoms with van der Waals surface area (Å²) >= 11 is 0. The maximum absolute atomic E-state index is 10.5. The van der Waals surface area contributed by atoms with Gasteiger partial charge in [0.25, 0.3) is 0 Å². The Bertz CT molecular complexity index is 250. The molecule has 1 N–H and O–H groups in total. The molecule has 0 aromatic heterocycles. The number of rotatable bonds is 5. The number of carboxylic acid groups (broad SMARTS) is 1. The van der Waals surface area contributed by atoms with E-state index in [1.165, 1.54) is 12.8 Å². The number of hydrogen-bond acceptors (Lipinski definition) is 2. The van der Waals surface area contributed by atoms with Gasteiger partial charge in [-0.25, -0.2) is 0 Å². The van der Waals surface area contributed by atoms with Gasteiger partial charge in [-0.3, -0.25) is 4.79 Å². The average Bonchev–Trinajstić information content (AvgIpc) is 2.39. The second kappa shape index (κ2) is 5.17. The van der Waals surface area contributed by atoms with Crippen LogP contribution >= 0.6 is 0 Å². The van der Waals surface area contributed by atoms with E-state index in [2.05, 4.69) is 32.7 Å². The molecule has 16 heavy (non-hydrogen) atoms. The Morgan fingerprint density at radius 1 is 1.44 bits per heavy atom. The monoisotopic (exact) mass is 227 g/mol. The first-order valence-electron chi connectivity index (χ1n) is 6.24. The molecule has 0 radical (unpaired) electrons. The molecule has 1 aliphatic carbocycles. The molecule has 0 aromatic carbocycles. The van der Waals surface area contributed by atoms with Crippen LogP contribution in [0.3, 0.4) is 0 Å². The molecule has 3 nitrogen and oxygen atoms in total. The Kier molecular flexibility index (Phi) is 4.36. The van der Waals surface area contributed by atoms with Crippen molar-refractivity contribution < 1.29 is 9.90 Å². The van der Waals surface area contributed by atoms with Crippen LogP contribution in [0.2, 0.25) is 0 Å². The van der Waals surface area contributed by atoms with Crippen molar-refractivity contribution >= 4 is 5.97 Å². The number of carbonyl (C=O) groups is 1. The van der Waals surface area contributed by atoms with Gasteiger partial charge in [0, 0.05) is 12.5 Å². The van der Waals surface area contributed by atoms with E-state index in [-0.39, 0.29) is 6.42 Å². The topological polar surface area (TPSA) is 40.5 Å².